The highest BCUT2D eigenvalue weighted by molar-refractivity contribution is 5.21. The van der Waals surface area contributed by atoms with Crippen LogP contribution in [0.3, 0.4) is 0 Å². The van der Waals surface area contributed by atoms with E-state index in [0.29, 0.717) is 24.7 Å². The average Bonchev–Trinajstić information content (AvgIpc) is 3.21. The third-order valence-electron chi connectivity index (χ3n) is 5.66. The molecule has 2 aliphatic rings. The van der Waals surface area contributed by atoms with Gasteiger partial charge in [0.2, 0.25) is 0 Å². The highest BCUT2D eigenvalue weighted by Crippen LogP contribution is 2.35. The molecule has 0 radical (unpaired) electrons. The molecule has 26 heavy (non-hydrogen) atoms. The second-order valence-corrected chi connectivity index (χ2v) is 7.46. The molecule has 6 nitrogen and oxygen atoms in total. The molecule has 1 aliphatic heterocycles. The fraction of sp³-hybridized carbons (Fsp3) is 0.600. The first-order chi connectivity index (χ1) is 12.7. The molecule has 2 fully saturated rings. The van der Waals surface area contributed by atoms with Crippen LogP contribution in [-0.4, -0.2) is 46.9 Å². The third-order valence-corrected chi connectivity index (χ3v) is 5.66. The molecule has 3 heterocycles. The van der Waals surface area contributed by atoms with Crippen LogP contribution in [0.5, 0.6) is 0 Å². The van der Waals surface area contributed by atoms with E-state index in [1.165, 1.54) is 11.1 Å². The predicted octanol–water partition coefficient (Wildman–Crippen LogP) is 2.88. The summed E-state index contributed by atoms with van der Waals surface area (Å²) >= 11 is 0. The first kappa shape index (κ1) is 17.6. The van der Waals surface area contributed by atoms with E-state index >= 15 is 0 Å². The van der Waals surface area contributed by atoms with Gasteiger partial charge in [0, 0.05) is 43.7 Å². The molecule has 1 saturated heterocycles. The van der Waals surface area contributed by atoms with Gasteiger partial charge in [-0.15, -0.1) is 0 Å². The van der Waals surface area contributed by atoms with Crippen molar-refractivity contribution in [1.29, 1.82) is 0 Å². The summed E-state index contributed by atoms with van der Waals surface area (Å²) in [6.45, 7) is 8.13. The molecular weight excluding hydrogens is 330 g/mol. The topological polar surface area (TPSA) is 60.6 Å². The van der Waals surface area contributed by atoms with Crippen molar-refractivity contribution in [2.24, 2.45) is 5.92 Å². The summed E-state index contributed by atoms with van der Waals surface area (Å²) in [5.41, 5.74) is 3.40. The van der Waals surface area contributed by atoms with Crippen LogP contribution in [0.4, 0.5) is 0 Å². The summed E-state index contributed by atoms with van der Waals surface area (Å²) in [5, 5.41) is 4.09. The number of aromatic nitrogens is 2. The quantitative estimate of drug-likeness (QED) is 0.792. The largest absolute Gasteiger partial charge is 0.376 e. The van der Waals surface area contributed by atoms with E-state index in [-0.39, 0.29) is 0 Å². The second kappa shape index (κ2) is 7.86. The number of pyridine rings is 1. The predicted molar refractivity (Wildman–Crippen MR) is 96.5 cm³/mol. The standard InChI is InChI=1S/C20H27N3O3/c1-14-18(15(2)26-22-14)11-23-7-8-25-20-10-17(9-19(20)23)13-24-12-16-3-5-21-6-4-16/h3-6,17,19-20H,7-13H2,1-2H3. The monoisotopic (exact) mass is 357 g/mol. The van der Waals surface area contributed by atoms with Gasteiger partial charge in [0.05, 0.1) is 25.0 Å². The van der Waals surface area contributed by atoms with Gasteiger partial charge in [-0.3, -0.25) is 9.88 Å². The fourth-order valence-electron chi connectivity index (χ4n) is 4.21. The van der Waals surface area contributed by atoms with Crippen LogP contribution in [0, 0.1) is 19.8 Å². The molecule has 1 saturated carbocycles. The van der Waals surface area contributed by atoms with Gasteiger partial charge in [-0.25, -0.2) is 0 Å². The Labute approximate surface area is 154 Å². The molecule has 2 aromatic heterocycles. The molecular formula is C20H27N3O3. The summed E-state index contributed by atoms with van der Waals surface area (Å²) < 4.78 is 17.4. The van der Waals surface area contributed by atoms with Crippen molar-refractivity contribution in [3.05, 3.63) is 47.1 Å². The van der Waals surface area contributed by atoms with Gasteiger partial charge in [-0.05, 0) is 50.3 Å². The van der Waals surface area contributed by atoms with Gasteiger partial charge in [0.15, 0.2) is 0 Å². The Kier molecular flexibility index (Phi) is 5.33. The minimum atomic E-state index is 0.318. The van der Waals surface area contributed by atoms with Crippen LogP contribution >= 0.6 is 0 Å². The maximum absolute atomic E-state index is 6.06. The number of hydrogen-bond acceptors (Lipinski definition) is 6. The molecule has 4 rings (SSSR count). The number of rotatable bonds is 6. The van der Waals surface area contributed by atoms with E-state index in [4.69, 9.17) is 14.0 Å². The van der Waals surface area contributed by atoms with Crippen molar-refractivity contribution < 1.29 is 14.0 Å². The zero-order valence-corrected chi connectivity index (χ0v) is 15.6. The molecule has 1 aliphatic carbocycles. The van der Waals surface area contributed by atoms with Gasteiger partial charge in [-0.1, -0.05) is 5.16 Å². The smallest absolute Gasteiger partial charge is 0.138 e. The van der Waals surface area contributed by atoms with Crippen LogP contribution in [0.15, 0.2) is 29.0 Å². The first-order valence-electron chi connectivity index (χ1n) is 9.44. The van der Waals surface area contributed by atoms with Crippen LogP contribution < -0.4 is 0 Å². The van der Waals surface area contributed by atoms with E-state index in [2.05, 4.69) is 15.0 Å². The summed E-state index contributed by atoms with van der Waals surface area (Å²) in [4.78, 5) is 6.59. The van der Waals surface area contributed by atoms with Gasteiger partial charge < -0.3 is 14.0 Å². The molecule has 3 atom stereocenters. The van der Waals surface area contributed by atoms with Gasteiger partial charge in [0.1, 0.15) is 5.76 Å². The van der Waals surface area contributed by atoms with E-state index in [9.17, 15) is 0 Å². The SMILES string of the molecule is Cc1noc(C)c1CN1CCOC2CC(COCc3ccncc3)CC21. The van der Waals surface area contributed by atoms with Crippen LogP contribution in [0.25, 0.3) is 0 Å². The van der Waals surface area contributed by atoms with E-state index < -0.39 is 0 Å². The van der Waals surface area contributed by atoms with Gasteiger partial charge >= 0.3 is 0 Å². The second-order valence-electron chi connectivity index (χ2n) is 7.46. The molecule has 0 aromatic carbocycles. The van der Waals surface area contributed by atoms with E-state index in [1.54, 1.807) is 0 Å². The lowest BCUT2D eigenvalue weighted by molar-refractivity contribution is -0.0593. The molecule has 3 unspecified atom stereocenters. The first-order valence-corrected chi connectivity index (χ1v) is 9.44. The van der Waals surface area contributed by atoms with Crippen LogP contribution in [-0.2, 0) is 22.6 Å². The normalized spacial score (nSPS) is 26.2. The molecule has 0 spiro atoms. The van der Waals surface area contributed by atoms with Gasteiger partial charge in [-0.2, -0.15) is 0 Å². The number of hydrogen-bond donors (Lipinski definition) is 0. The van der Waals surface area contributed by atoms with E-state index in [1.807, 2.05) is 38.4 Å². The van der Waals surface area contributed by atoms with Gasteiger partial charge in [0.25, 0.3) is 0 Å². The summed E-state index contributed by atoms with van der Waals surface area (Å²) in [6, 6.07) is 4.47. The lowest BCUT2D eigenvalue weighted by Gasteiger charge is -2.37. The Morgan fingerprint density at radius 3 is 2.85 bits per heavy atom. The number of aryl methyl sites for hydroxylation is 2. The molecule has 140 valence electrons. The summed E-state index contributed by atoms with van der Waals surface area (Å²) in [7, 11) is 0. The molecule has 6 heteroatoms. The molecule has 0 bridgehead atoms. The Hall–Kier alpha value is -1.76. The molecule has 0 N–H and O–H groups in total. The maximum Gasteiger partial charge on any atom is 0.138 e. The summed E-state index contributed by atoms with van der Waals surface area (Å²) in [6.07, 6.45) is 6.15. The van der Waals surface area contributed by atoms with Crippen molar-refractivity contribution in [3.8, 4) is 0 Å². The van der Waals surface area contributed by atoms with E-state index in [0.717, 1.165) is 50.6 Å². The number of morpholine rings is 1. The highest BCUT2D eigenvalue weighted by atomic mass is 16.5. The average molecular weight is 357 g/mol. The van der Waals surface area contributed by atoms with Crippen molar-refractivity contribution in [1.82, 2.24) is 15.0 Å². The summed E-state index contributed by atoms with van der Waals surface area (Å²) in [5.74, 6) is 1.48. The Balaban J connectivity index is 1.32. The molecule has 2 aromatic rings. The number of ether oxygens (including phenoxy) is 2. The lowest BCUT2D eigenvalue weighted by Crippen LogP contribution is -2.48. The Morgan fingerprint density at radius 1 is 1.23 bits per heavy atom. The highest BCUT2D eigenvalue weighted by Gasteiger charge is 2.41. The van der Waals surface area contributed by atoms with Crippen molar-refractivity contribution in [3.63, 3.8) is 0 Å². The van der Waals surface area contributed by atoms with Crippen molar-refractivity contribution >= 4 is 0 Å². The minimum absolute atomic E-state index is 0.318. The number of nitrogens with zero attached hydrogens (tertiary/aromatic N) is 3. The number of fused-ring (bicyclic) bond motifs is 1. The Bertz CT molecular complexity index is 699. The van der Waals surface area contributed by atoms with Crippen LogP contribution in [0.2, 0.25) is 0 Å². The zero-order valence-electron chi connectivity index (χ0n) is 15.6. The molecule has 0 amide bonds. The fourth-order valence-corrected chi connectivity index (χ4v) is 4.21. The third kappa shape index (κ3) is 3.82. The maximum atomic E-state index is 6.06. The lowest BCUT2D eigenvalue weighted by atomic mass is 10.1. The Morgan fingerprint density at radius 2 is 2.08 bits per heavy atom. The van der Waals surface area contributed by atoms with Crippen molar-refractivity contribution in [2.75, 3.05) is 19.8 Å². The van der Waals surface area contributed by atoms with Crippen LogP contribution in [0.1, 0.15) is 35.4 Å². The zero-order chi connectivity index (χ0) is 17.9. The van der Waals surface area contributed by atoms with Crippen molar-refractivity contribution in [2.45, 2.75) is 52.0 Å². The minimum Gasteiger partial charge on any atom is -0.376 e.